The summed E-state index contributed by atoms with van der Waals surface area (Å²) in [6.07, 6.45) is 0.941. The molecule has 24 aromatic rings. The Morgan fingerprint density at radius 1 is 0.148 bits per heavy atom. The number of aromatic nitrogens is 5. The minimum Gasteiger partial charge on any atom is -0.310 e. The van der Waals surface area contributed by atoms with Crippen LogP contribution in [0.3, 0.4) is 0 Å². The summed E-state index contributed by atoms with van der Waals surface area (Å²) in [5.74, 6) is 0. The number of hydrogen-bond donors (Lipinski definition) is 0. The Kier molecular flexibility index (Phi) is 16.6. The first-order chi connectivity index (χ1) is 60.5. The molecule has 0 aliphatic heterocycles. The molecule has 0 atom stereocenters. The summed E-state index contributed by atoms with van der Waals surface area (Å²) in [6.45, 7) is 0. The highest BCUT2D eigenvalue weighted by molar-refractivity contribution is 6.15. The van der Waals surface area contributed by atoms with Crippen LogP contribution in [0.5, 0.6) is 0 Å². The zero-order valence-corrected chi connectivity index (χ0v) is 66.6. The van der Waals surface area contributed by atoms with E-state index in [9.17, 15) is 0 Å². The van der Waals surface area contributed by atoms with Crippen LogP contribution in [0.25, 0.3) is 171 Å². The Bertz CT molecular complexity index is 8040. The fourth-order valence-corrected chi connectivity index (χ4v) is 19.6. The lowest BCUT2D eigenvalue weighted by Gasteiger charge is -2.27. The van der Waals surface area contributed by atoms with Crippen molar-refractivity contribution in [2.45, 2.75) is 6.42 Å². The summed E-state index contributed by atoms with van der Waals surface area (Å²) in [5, 5.41) is 12.4. The average molecular weight is 1560 g/mol. The molecule has 0 unspecified atom stereocenters. The van der Waals surface area contributed by atoms with Crippen LogP contribution in [0.2, 0.25) is 0 Å². The maximum Gasteiger partial charge on any atom is 0.0561 e. The van der Waals surface area contributed by atoms with Crippen molar-refractivity contribution in [3.8, 4) is 61.8 Å². The van der Waals surface area contributed by atoms with Gasteiger partial charge in [0.05, 0.1) is 55.2 Å². The van der Waals surface area contributed by atoms with Gasteiger partial charge in [-0.2, -0.15) is 0 Å². The van der Waals surface area contributed by atoms with Crippen LogP contribution in [-0.2, 0) is 6.42 Å². The summed E-state index contributed by atoms with van der Waals surface area (Å²) in [6, 6.07) is 166. The summed E-state index contributed by atoms with van der Waals surface area (Å²) >= 11 is 0. The monoisotopic (exact) mass is 1560 g/mol. The third kappa shape index (κ3) is 11.6. The fourth-order valence-electron chi connectivity index (χ4n) is 19.6. The van der Waals surface area contributed by atoms with Crippen molar-refractivity contribution in [2.24, 2.45) is 0 Å². The third-order valence-electron chi connectivity index (χ3n) is 25.1. The van der Waals surface area contributed by atoms with Crippen molar-refractivity contribution in [3.05, 3.63) is 466 Å². The number of para-hydroxylation sites is 10. The number of rotatable bonds is 13. The van der Waals surface area contributed by atoms with E-state index in [-0.39, 0.29) is 0 Å². The summed E-state index contributed by atoms with van der Waals surface area (Å²) in [4.78, 5) is 4.84. The highest BCUT2D eigenvalue weighted by Crippen LogP contribution is 2.48. The van der Waals surface area contributed by atoms with Gasteiger partial charge in [0.25, 0.3) is 0 Å². The average Bonchev–Trinajstić information content (AvgIpc) is 1.59. The molecule has 0 saturated carbocycles. The largest absolute Gasteiger partial charge is 0.310 e. The Morgan fingerprint density at radius 2 is 0.393 bits per heavy atom. The van der Waals surface area contributed by atoms with E-state index < -0.39 is 0 Å². The van der Waals surface area contributed by atoms with Gasteiger partial charge in [0.2, 0.25) is 0 Å². The van der Waals surface area contributed by atoms with Crippen molar-refractivity contribution in [2.75, 3.05) is 9.80 Å². The molecule has 7 nitrogen and oxygen atoms in total. The van der Waals surface area contributed by atoms with Crippen LogP contribution < -0.4 is 9.80 Å². The summed E-state index contributed by atoms with van der Waals surface area (Å²) in [5.41, 5.74) is 34.5. The number of benzene rings is 19. The molecule has 122 heavy (non-hydrogen) atoms. The molecule has 0 N–H and O–H groups in total. The Morgan fingerprint density at radius 3 is 0.746 bits per heavy atom. The van der Waals surface area contributed by atoms with Crippen molar-refractivity contribution in [1.29, 1.82) is 0 Å². The van der Waals surface area contributed by atoms with E-state index >= 15 is 0 Å². The van der Waals surface area contributed by atoms with Crippen molar-refractivity contribution >= 4 is 143 Å². The molecule has 0 amide bonds. The molecule has 5 aromatic heterocycles. The Balaban J connectivity index is 0.000000139. The molecule has 1 aliphatic carbocycles. The van der Waals surface area contributed by atoms with Gasteiger partial charge in [-0.1, -0.05) is 267 Å². The van der Waals surface area contributed by atoms with Gasteiger partial charge >= 0.3 is 0 Å². The summed E-state index contributed by atoms with van der Waals surface area (Å²) in [7, 11) is 0. The number of nitrogens with zero attached hydrogens (tertiary/aromatic N) is 7. The molecule has 25 rings (SSSR count). The minimum absolute atomic E-state index is 0.941. The van der Waals surface area contributed by atoms with E-state index in [1.807, 2.05) is 0 Å². The lowest BCUT2D eigenvalue weighted by molar-refractivity contribution is 1.17. The van der Waals surface area contributed by atoms with Gasteiger partial charge in [-0.3, -0.25) is 0 Å². The molecule has 0 bridgehead atoms. The van der Waals surface area contributed by atoms with Crippen molar-refractivity contribution in [1.82, 2.24) is 22.8 Å². The van der Waals surface area contributed by atoms with Crippen LogP contribution >= 0.6 is 0 Å². The SMILES string of the molecule is c1ccc(-n2c3ccccc3c3cc(-c4ccc(N(c5ccc6c(c5)Cc5ccccc5-6)c5ccc6c7ccccc7n(-c7ccccc7)c6c5)cc4)ccc32)cc1.c1ccc(-n2c3ccccc3c3cc(-c4ccc(N(c5ccc6c7ccccc7n(-c7ccccc7)c6c5)c5ccc6c7ccccc7n(-c7ccccc7)c6c5)cc4)ccc32)cc1. The lowest BCUT2D eigenvalue weighted by atomic mass is 10.0. The van der Waals surface area contributed by atoms with Crippen LogP contribution in [-0.4, -0.2) is 22.8 Å². The lowest BCUT2D eigenvalue weighted by Crippen LogP contribution is -2.10. The molecule has 5 heterocycles. The second-order valence-corrected chi connectivity index (χ2v) is 31.9. The first-order valence-electron chi connectivity index (χ1n) is 42.0. The second kappa shape index (κ2) is 28.8. The normalized spacial score (nSPS) is 11.9. The summed E-state index contributed by atoms with van der Waals surface area (Å²) < 4.78 is 11.9. The minimum atomic E-state index is 0.941. The van der Waals surface area contributed by atoms with Gasteiger partial charge in [0.1, 0.15) is 0 Å². The van der Waals surface area contributed by atoms with Crippen molar-refractivity contribution in [3.63, 3.8) is 0 Å². The van der Waals surface area contributed by atoms with Gasteiger partial charge in [-0.25, -0.2) is 0 Å². The van der Waals surface area contributed by atoms with E-state index in [0.29, 0.717) is 0 Å². The second-order valence-electron chi connectivity index (χ2n) is 31.9. The first-order valence-corrected chi connectivity index (χ1v) is 42.0. The molecule has 0 saturated heterocycles. The molecule has 19 aromatic carbocycles. The van der Waals surface area contributed by atoms with Crippen LogP contribution in [0.1, 0.15) is 11.1 Å². The smallest absolute Gasteiger partial charge is 0.0561 e. The standard InChI is InChI=1S/C60H40N4.C55H37N3/c1-4-16-43(17-5-1)62-57-27-15-12-24-51(57)54-38-42(30-37-58(54)62)41-28-31-46(32-29-41)61(47-33-35-52-49-22-10-13-25-55(49)63(59(52)39-47)44-18-6-2-7-19-44)48-34-36-53-50-23-11-14-26-56(50)64(60(53)40-48)45-20-8-3-9-21-45;1-3-14-41(15-4-1)57-53-22-12-10-20-49(53)51-35-38(25-32-54(51)57)37-23-26-43(27-24-37)56(44-28-30-47-40(34-44)33-39-13-7-8-18-46(39)47)45-29-31-50-48-19-9-11-21-52(48)58(55(50)36-45)42-16-5-2-6-17-42/h1-40H;1-32,34-36H,33H2. The van der Waals surface area contributed by atoms with Gasteiger partial charge in [-0.15, -0.1) is 0 Å². The highest BCUT2D eigenvalue weighted by atomic mass is 15.2. The van der Waals surface area contributed by atoms with Crippen molar-refractivity contribution < 1.29 is 0 Å². The zero-order chi connectivity index (χ0) is 80.3. The maximum absolute atomic E-state index is 2.43. The van der Waals surface area contributed by atoms with Crippen LogP contribution in [0.15, 0.2) is 455 Å². The molecule has 7 heteroatoms. The Labute approximate surface area is 705 Å². The fraction of sp³-hybridized carbons (Fsp3) is 0.00870. The van der Waals surface area contributed by atoms with Crippen LogP contribution in [0, 0.1) is 0 Å². The maximum atomic E-state index is 2.43. The molecule has 0 radical (unpaired) electrons. The molecular formula is C115H77N7. The molecule has 0 spiro atoms. The molecule has 1 aliphatic rings. The topological polar surface area (TPSA) is 31.1 Å². The van der Waals surface area contributed by atoms with E-state index in [4.69, 9.17) is 0 Å². The van der Waals surface area contributed by atoms with Crippen LogP contribution in [0.4, 0.5) is 34.1 Å². The molecular weight excluding hydrogens is 1480 g/mol. The predicted octanol–water partition coefficient (Wildman–Crippen LogP) is 30.7. The zero-order valence-electron chi connectivity index (χ0n) is 66.6. The Hall–Kier alpha value is -16.2. The van der Waals surface area contributed by atoms with Gasteiger partial charge in [0, 0.05) is 116 Å². The molecule has 0 fully saturated rings. The highest BCUT2D eigenvalue weighted by Gasteiger charge is 2.26. The van der Waals surface area contributed by atoms with E-state index in [2.05, 4.69) is 488 Å². The predicted molar refractivity (Wildman–Crippen MR) is 513 cm³/mol. The number of anilines is 6. The van der Waals surface area contributed by atoms with E-state index in [1.165, 1.54) is 148 Å². The van der Waals surface area contributed by atoms with Gasteiger partial charge in [-0.05, 0) is 239 Å². The van der Waals surface area contributed by atoms with E-state index in [1.54, 1.807) is 0 Å². The number of fused-ring (bicyclic) bond motifs is 18. The van der Waals surface area contributed by atoms with Gasteiger partial charge < -0.3 is 32.6 Å². The quantitative estimate of drug-likeness (QED) is 0.115. The van der Waals surface area contributed by atoms with Gasteiger partial charge in [0.15, 0.2) is 0 Å². The number of hydrogen-bond acceptors (Lipinski definition) is 2. The third-order valence-corrected chi connectivity index (χ3v) is 25.1. The van der Waals surface area contributed by atoms with E-state index in [0.717, 1.165) is 74.3 Å². The molecule has 572 valence electrons. The first kappa shape index (κ1) is 70.0.